The fraction of sp³-hybridized carbons (Fsp3) is 0.429. The molecule has 1 N–H and O–H groups in total. The number of nitrogens with one attached hydrogen (secondary N) is 1. The maximum Gasteiger partial charge on any atom is 0.270 e. The first-order chi connectivity index (χ1) is 10.4. The third-order valence-electron chi connectivity index (χ3n) is 3.58. The Hall–Kier alpha value is -1.71. The molecule has 8 heteroatoms. The number of nitro benzene ring substituents is 1. The highest BCUT2D eigenvalue weighted by Gasteiger charge is 2.25. The summed E-state index contributed by atoms with van der Waals surface area (Å²) in [6.45, 7) is 2.62. The van der Waals surface area contributed by atoms with Gasteiger partial charge in [-0.05, 0) is 41.5 Å². The highest BCUT2D eigenvalue weighted by molar-refractivity contribution is 14.1. The molecule has 0 saturated carbocycles. The minimum atomic E-state index is -0.477. The lowest BCUT2D eigenvalue weighted by atomic mass is 10.0. The zero-order valence-corrected chi connectivity index (χ0v) is 14.2. The van der Waals surface area contributed by atoms with Gasteiger partial charge in [-0.1, -0.05) is 0 Å². The number of rotatable bonds is 3. The van der Waals surface area contributed by atoms with E-state index in [9.17, 15) is 19.7 Å². The monoisotopic (exact) mass is 417 g/mol. The normalized spacial score (nSPS) is 15.5. The Labute approximate surface area is 141 Å². The number of non-ortho nitro benzene ring substituents is 1. The van der Waals surface area contributed by atoms with Crippen molar-refractivity contribution in [1.29, 1.82) is 0 Å². The van der Waals surface area contributed by atoms with E-state index in [4.69, 9.17) is 0 Å². The molecule has 1 fully saturated rings. The molecule has 118 valence electrons. The number of piperidine rings is 1. The van der Waals surface area contributed by atoms with Crippen LogP contribution in [0.25, 0.3) is 0 Å². The molecule has 2 rings (SSSR count). The molecule has 0 atom stereocenters. The summed E-state index contributed by atoms with van der Waals surface area (Å²) in [5, 5.41) is 13.6. The zero-order valence-electron chi connectivity index (χ0n) is 12.0. The van der Waals surface area contributed by atoms with Gasteiger partial charge in [-0.25, -0.2) is 0 Å². The largest absolute Gasteiger partial charge is 0.353 e. The van der Waals surface area contributed by atoms with E-state index < -0.39 is 4.92 Å². The van der Waals surface area contributed by atoms with Crippen LogP contribution in [0, 0.1) is 13.7 Å². The molecule has 1 aliphatic heterocycles. The van der Waals surface area contributed by atoms with Gasteiger partial charge in [0.1, 0.15) is 0 Å². The highest BCUT2D eigenvalue weighted by Crippen LogP contribution is 2.22. The van der Waals surface area contributed by atoms with Gasteiger partial charge in [0.05, 0.1) is 10.5 Å². The van der Waals surface area contributed by atoms with Crippen molar-refractivity contribution in [3.8, 4) is 0 Å². The predicted octanol–water partition coefficient (Wildman–Crippen LogP) is 1.94. The Bertz CT molecular complexity index is 612. The van der Waals surface area contributed by atoms with Crippen molar-refractivity contribution in [1.82, 2.24) is 10.2 Å². The smallest absolute Gasteiger partial charge is 0.270 e. The molecule has 1 aliphatic rings. The van der Waals surface area contributed by atoms with Gasteiger partial charge in [-0.2, -0.15) is 0 Å². The topological polar surface area (TPSA) is 92.6 Å². The molecule has 0 aliphatic carbocycles. The fourth-order valence-corrected chi connectivity index (χ4v) is 3.21. The molecule has 1 heterocycles. The first-order valence-electron chi connectivity index (χ1n) is 6.89. The molecule has 7 nitrogen and oxygen atoms in total. The van der Waals surface area contributed by atoms with E-state index in [0.717, 1.165) is 12.8 Å². The molecule has 1 aromatic rings. The van der Waals surface area contributed by atoms with Crippen LogP contribution in [0.1, 0.15) is 30.1 Å². The van der Waals surface area contributed by atoms with Crippen LogP contribution >= 0.6 is 22.6 Å². The number of nitrogens with zero attached hydrogens (tertiary/aromatic N) is 2. The van der Waals surface area contributed by atoms with Crippen molar-refractivity contribution in [3.05, 3.63) is 37.4 Å². The quantitative estimate of drug-likeness (QED) is 0.462. The summed E-state index contributed by atoms with van der Waals surface area (Å²) in [7, 11) is 0. The van der Waals surface area contributed by atoms with Gasteiger partial charge in [0.15, 0.2) is 0 Å². The van der Waals surface area contributed by atoms with Crippen LogP contribution in [0.2, 0.25) is 0 Å². The minimum absolute atomic E-state index is 0.0229. The number of hydrogen-bond donors (Lipinski definition) is 1. The molecular weight excluding hydrogens is 401 g/mol. The van der Waals surface area contributed by atoms with Gasteiger partial charge in [0.2, 0.25) is 5.91 Å². The Morgan fingerprint density at radius 1 is 1.36 bits per heavy atom. The lowest BCUT2D eigenvalue weighted by Gasteiger charge is -2.32. The zero-order chi connectivity index (χ0) is 16.3. The summed E-state index contributed by atoms with van der Waals surface area (Å²) in [5.74, 6) is -0.185. The molecule has 0 bridgehead atoms. The number of benzene rings is 1. The van der Waals surface area contributed by atoms with E-state index in [-0.39, 0.29) is 23.5 Å². The van der Waals surface area contributed by atoms with Crippen molar-refractivity contribution in [2.45, 2.75) is 25.8 Å². The van der Waals surface area contributed by atoms with Crippen LogP contribution in [0.15, 0.2) is 18.2 Å². The van der Waals surface area contributed by atoms with Crippen LogP contribution in [0.3, 0.4) is 0 Å². The second-order valence-electron chi connectivity index (χ2n) is 5.19. The third-order valence-corrected chi connectivity index (χ3v) is 4.48. The van der Waals surface area contributed by atoms with E-state index in [1.54, 1.807) is 4.90 Å². The molecule has 0 aromatic heterocycles. The molecule has 0 spiro atoms. The Balaban J connectivity index is 2.04. The van der Waals surface area contributed by atoms with E-state index >= 15 is 0 Å². The molecule has 0 unspecified atom stereocenters. The standard InChI is InChI=1S/C14H16IN3O4/c1-9(19)16-10-4-6-17(7-5-10)14(20)12-3-2-11(18(21)22)8-13(12)15/h2-3,8,10H,4-7H2,1H3,(H,16,19). The van der Waals surface area contributed by atoms with Gasteiger partial charge in [-0.15, -0.1) is 0 Å². The van der Waals surface area contributed by atoms with Gasteiger partial charge >= 0.3 is 0 Å². The maximum atomic E-state index is 12.5. The molecule has 1 aromatic carbocycles. The van der Waals surface area contributed by atoms with Crippen LogP contribution in [-0.4, -0.2) is 40.8 Å². The van der Waals surface area contributed by atoms with Gasteiger partial charge < -0.3 is 10.2 Å². The second-order valence-corrected chi connectivity index (χ2v) is 6.35. The minimum Gasteiger partial charge on any atom is -0.353 e. The van der Waals surface area contributed by atoms with Gasteiger partial charge in [0, 0.05) is 41.8 Å². The summed E-state index contributed by atoms with van der Waals surface area (Å²) >= 11 is 1.94. The van der Waals surface area contributed by atoms with Gasteiger partial charge in [-0.3, -0.25) is 19.7 Å². The van der Waals surface area contributed by atoms with E-state index in [0.29, 0.717) is 22.2 Å². The predicted molar refractivity (Wildman–Crippen MR) is 88.6 cm³/mol. The Morgan fingerprint density at radius 3 is 2.50 bits per heavy atom. The summed E-state index contributed by atoms with van der Waals surface area (Å²) < 4.78 is 0.570. The van der Waals surface area contributed by atoms with Crippen LogP contribution in [0.5, 0.6) is 0 Å². The average Bonchev–Trinajstić information content (AvgIpc) is 2.46. The maximum absolute atomic E-state index is 12.5. The summed E-state index contributed by atoms with van der Waals surface area (Å²) in [6, 6.07) is 4.36. The number of nitro groups is 1. The van der Waals surface area contributed by atoms with E-state index in [1.165, 1.54) is 25.1 Å². The Kier molecular flexibility index (Phi) is 5.33. The summed E-state index contributed by atoms with van der Waals surface area (Å²) in [5.41, 5.74) is 0.453. The van der Waals surface area contributed by atoms with Crippen LogP contribution < -0.4 is 5.32 Å². The number of hydrogen-bond acceptors (Lipinski definition) is 4. The summed E-state index contributed by atoms with van der Waals surface area (Å²) in [4.78, 5) is 35.5. The second kappa shape index (κ2) is 7.03. The number of halogens is 1. The molecule has 0 radical (unpaired) electrons. The fourth-order valence-electron chi connectivity index (χ4n) is 2.48. The van der Waals surface area contributed by atoms with Crippen LogP contribution in [0.4, 0.5) is 5.69 Å². The lowest BCUT2D eigenvalue weighted by Crippen LogP contribution is -2.46. The first kappa shape index (κ1) is 16.7. The van der Waals surface area contributed by atoms with Gasteiger partial charge in [0.25, 0.3) is 11.6 Å². The van der Waals surface area contributed by atoms with Crippen molar-refractivity contribution in [2.75, 3.05) is 13.1 Å². The summed E-state index contributed by atoms with van der Waals surface area (Å²) in [6.07, 6.45) is 1.43. The van der Waals surface area contributed by atoms with Crippen molar-refractivity contribution >= 4 is 40.1 Å². The Morgan fingerprint density at radius 2 is 2.00 bits per heavy atom. The number of likely N-dealkylation sites (tertiary alicyclic amines) is 1. The highest BCUT2D eigenvalue weighted by atomic mass is 127. The van der Waals surface area contributed by atoms with E-state index in [2.05, 4.69) is 5.32 Å². The van der Waals surface area contributed by atoms with Crippen molar-refractivity contribution in [3.63, 3.8) is 0 Å². The molecular formula is C14H16IN3O4. The van der Waals surface area contributed by atoms with Crippen LogP contribution in [-0.2, 0) is 4.79 Å². The van der Waals surface area contributed by atoms with Crippen molar-refractivity contribution in [2.24, 2.45) is 0 Å². The number of carbonyl (C=O) groups is 2. The lowest BCUT2D eigenvalue weighted by molar-refractivity contribution is -0.384. The average molecular weight is 417 g/mol. The van der Waals surface area contributed by atoms with E-state index in [1.807, 2.05) is 22.6 Å². The SMILES string of the molecule is CC(=O)NC1CCN(C(=O)c2ccc([N+](=O)[O-])cc2I)CC1. The number of amides is 2. The first-order valence-corrected chi connectivity index (χ1v) is 7.96. The molecule has 2 amide bonds. The number of carbonyl (C=O) groups excluding carboxylic acids is 2. The molecule has 1 saturated heterocycles. The van der Waals surface area contributed by atoms with Crippen molar-refractivity contribution < 1.29 is 14.5 Å². The third kappa shape index (κ3) is 3.93. The molecule has 22 heavy (non-hydrogen) atoms.